The van der Waals surface area contributed by atoms with Gasteiger partial charge in [-0.1, -0.05) is 0 Å². The van der Waals surface area contributed by atoms with Gasteiger partial charge in [-0.2, -0.15) is 0 Å². The van der Waals surface area contributed by atoms with E-state index in [1.165, 1.54) is 4.90 Å². The van der Waals surface area contributed by atoms with Crippen LogP contribution in [0.5, 0.6) is 5.75 Å². The number of hydrogen-bond donors (Lipinski definition) is 1. The number of carbonyl (C=O) groups is 1. The number of nitrogens with zero attached hydrogens (tertiary/aromatic N) is 1. The highest BCUT2D eigenvalue weighted by Crippen LogP contribution is 2.23. The highest BCUT2D eigenvalue weighted by molar-refractivity contribution is 7.91. The van der Waals surface area contributed by atoms with Crippen LogP contribution in [0.1, 0.15) is 16.9 Å². The molecule has 0 saturated carbocycles. The fourth-order valence-corrected chi connectivity index (χ4v) is 4.56. The first kappa shape index (κ1) is 14.9. The molecule has 7 heteroatoms. The van der Waals surface area contributed by atoms with E-state index in [2.05, 4.69) is 4.98 Å². The van der Waals surface area contributed by atoms with Crippen molar-refractivity contribution in [3.05, 3.63) is 30.0 Å². The lowest BCUT2D eigenvalue weighted by atomic mass is 10.2. The van der Waals surface area contributed by atoms with Crippen molar-refractivity contribution in [2.75, 3.05) is 25.7 Å². The van der Waals surface area contributed by atoms with E-state index in [-0.39, 0.29) is 23.5 Å². The molecule has 1 amide bonds. The van der Waals surface area contributed by atoms with Gasteiger partial charge in [-0.05, 0) is 24.6 Å². The summed E-state index contributed by atoms with van der Waals surface area (Å²) in [5.74, 6) is 0.712. The molecule has 2 heterocycles. The monoisotopic (exact) mass is 322 g/mol. The highest BCUT2D eigenvalue weighted by Gasteiger charge is 2.33. The minimum Gasteiger partial charge on any atom is -0.497 e. The molecule has 1 unspecified atom stereocenters. The second-order valence-electron chi connectivity index (χ2n) is 5.61. The number of aromatic amines is 1. The van der Waals surface area contributed by atoms with Gasteiger partial charge in [0.25, 0.3) is 5.91 Å². The first-order valence-electron chi connectivity index (χ1n) is 7.04. The van der Waals surface area contributed by atoms with Crippen LogP contribution < -0.4 is 4.74 Å². The number of ether oxygens (including phenoxy) is 1. The summed E-state index contributed by atoms with van der Waals surface area (Å²) in [4.78, 5) is 17.1. The standard InChI is InChI=1S/C15H18N2O4S/c1-17(11-5-6-22(19,20)9-11)15(18)14-7-10-3-4-12(21-2)8-13(10)16-14/h3-4,7-8,11,16H,5-6,9H2,1-2H3. The summed E-state index contributed by atoms with van der Waals surface area (Å²) in [5, 5.41) is 0.914. The zero-order valence-corrected chi connectivity index (χ0v) is 13.3. The van der Waals surface area contributed by atoms with E-state index in [0.717, 1.165) is 10.9 Å². The van der Waals surface area contributed by atoms with Crippen molar-refractivity contribution in [2.24, 2.45) is 0 Å². The van der Waals surface area contributed by atoms with Crippen LogP contribution in [0, 0.1) is 0 Å². The van der Waals surface area contributed by atoms with Gasteiger partial charge in [0.2, 0.25) is 0 Å². The molecule has 0 spiro atoms. The van der Waals surface area contributed by atoms with Crippen LogP contribution in [0.3, 0.4) is 0 Å². The Kier molecular flexibility index (Phi) is 3.60. The lowest BCUT2D eigenvalue weighted by molar-refractivity contribution is 0.0743. The second-order valence-corrected chi connectivity index (χ2v) is 7.84. The van der Waals surface area contributed by atoms with Crippen molar-refractivity contribution in [3.8, 4) is 5.75 Å². The average molecular weight is 322 g/mol. The molecule has 1 fully saturated rings. The molecule has 3 rings (SSSR count). The molecule has 0 bridgehead atoms. The van der Waals surface area contributed by atoms with Gasteiger partial charge in [0.1, 0.15) is 11.4 Å². The van der Waals surface area contributed by atoms with Crippen LogP contribution in [0.15, 0.2) is 24.3 Å². The summed E-state index contributed by atoms with van der Waals surface area (Å²) in [6.45, 7) is 0. The van der Waals surface area contributed by atoms with Crippen LogP contribution in [0.4, 0.5) is 0 Å². The third-order valence-corrected chi connectivity index (χ3v) is 5.89. The molecule has 1 aliphatic rings. The van der Waals surface area contributed by atoms with E-state index in [1.54, 1.807) is 20.2 Å². The summed E-state index contributed by atoms with van der Waals surface area (Å²) in [6, 6.07) is 7.06. The number of H-pyrrole nitrogens is 1. The normalized spacial score (nSPS) is 20.2. The Morgan fingerprint density at radius 2 is 2.14 bits per heavy atom. The predicted octanol–water partition coefficient (Wildman–Crippen LogP) is 1.44. The van der Waals surface area contributed by atoms with Crippen molar-refractivity contribution < 1.29 is 17.9 Å². The second kappa shape index (κ2) is 5.31. The summed E-state index contributed by atoms with van der Waals surface area (Å²) >= 11 is 0. The van der Waals surface area contributed by atoms with Crippen molar-refractivity contribution in [1.29, 1.82) is 0 Å². The summed E-state index contributed by atoms with van der Waals surface area (Å²) < 4.78 is 28.3. The van der Waals surface area contributed by atoms with Gasteiger partial charge in [0, 0.05) is 30.1 Å². The third kappa shape index (κ3) is 2.68. The number of fused-ring (bicyclic) bond motifs is 1. The molecule has 2 aromatic rings. The molecule has 6 nitrogen and oxygen atoms in total. The smallest absolute Gasteiger partial charge is 0.270 e. The Labute approximate surface area is 129 Å². The van der Waals surface area contributed by atoms with Gasteiger partial charge in [-0.3, -0.25) is 4.79 Å². The van der Waals surface area contributed by atoms with Gasteiger partial charge < -0.3 is 14.6 Å². The molecule has 1 aliphatic heterocycles. The lowest BCUT2D eigenvalue weighted by Crippen LogP contribution is -2.37. The molecule has 0 aliphatic carbocycles. The maximum Gasteiger partial charge on any atom is 0.270 e. The zero-order valence-electron chi connectivity index (χ0n) is 12.5. The minimum absolute atomic E-state index is 0.0449. The molecule has 1 aromatic heterocycles. The third-order valence-electron chi connectivity index (χ3n) is 4.14. The fourth-order valence-electron chi connectivity index (χ4n) is 2.79. The Morgan fingerprint density at radius 3 is 2.77 bits per heavy atom. The molecule has 1 atom stereocenters. The van der Waals surface area contributed by atoms with Gasteiger partial charge in [0.15, 0.2) is 9.84 Å². The van der Waals surface area contributed by atoms with E-state index in [1.807, 2.05) is 18.2 Å². The largest absolute Gasteiger partial charge is 0.497 e. The molecule has 1 aromatic carbocycles. The van der Waals surface area contributed by atoms with E-state index < -0.39 is 9.84 Å². The van der Waals surface area contributed by atoms with Crippen molar-refractivity contribution in [1.82, 2.24) is 9.88 Å². The van der Waals surface area contributed by atoms with Gasteiger partial charge in [0.05, 0.1) is 18.6 Å². The number of aromatic nitrogens is 1. The minimum atomic E-state index is -3.01. The topological polar surface area (TPSA) is 79.5 Å². The molecule has 0 radical (unpaired) electrons. The number of nitrogens with one attached hydrogen (secondary N) is 1. The highest BCUT2D eigenvalue weighted by atomic mass is 32.2. The van der Waals surface area contributed by atoms with Crippen LogP contribution in [-0.4, -0.2) is 55.9 Å². The van der Waals surface area contributed by atoms with Gasteiger partial charge in [-0.15, -0.1) is 0 Å². The van der Waals surface area contributed by atoms with E-state index in [4.69, 9.17) is 4.74 Å². The number of hydrogen-bond acceptors (Lipinski definition) is 4. The Balaban J connectivity index is 1.85. The molecule has 118 valence electrons. The first-order valence-corrected chi connectivity index (χ1v) is 8.86. The quantitative estimate of drug-likeness (QED) is 0.927. The Bertz CT molecular complexity index is 825. The van der Waals surface area contributed by atoms with E-state index >= 15 is 0 Å². The maximum absolute atomic E-state index is 12.5. The number of methoxy groups -OCH3 is 1. The molecular formula is C15H18N2O4S. The maximum atomic E-state index is 12.5. The summed E-state index contributed by atoms with van der Waals surface area (Å²) in [5.41, 5.74) is 1.27. The molecule has 22 heavy (non-hydrogen) atoms. The molecular weight excluding hydrogens is 304 g/mol. The van der Waals surface area contributed by atoms with Crippen molar-refractivity contribution in [3.63, 3.8) is 0 Å². The predicted molar refractivity (Wildman–Crippen MR) is 84.0 cm³/mol. The number of amides is 1. The van der Waals surface area contributed by atoms with Crippen LogP contribution in [0.2, 0.25) is 0 Å². The van der Waals surface area contributed by atoms with Crippen LogP contribution in [0.25, 0.3) is 10.9 Å². The molecule has 1 saturated heterocycles. The van der Waals surface area contributed by atoms with Crippen molar-refractivity contribution in [2.45, 2.75) is 12.5 Å². The number of sulfone groups is 1. The zero-order chi connectivity index (χ0) is 15.9. The van der Waals surface area contributed by atoms with Gasteiger partial charge in [-0.25, -0.2) is 8.42 Å². The SMILES string of the molecule is COc1ccc2cc(C(=O)N(C)C3CCS(=O)(=O)C3)[nH]c2c1. The fraction of sp³-hybridized carbons (Fsp3) is 0.400. The van der Waals surface area contributed by atoms with Crippen LogP contribution in [-0.2, 0) is 9.84 Å². The Morgan fingerprint density at radius 1 is 1.36 bits per heavy atom. The van der Waals surface area contributed by atoms with Crippen molar-refractivity contribution >= 4 is 26.6 Å². The number of benzene rings is 1. The number of carbonyl (C=O) groups excluding carboxylic acids is 1. The first-order chi connectivity index (χ1) is 10.4. The number of rotatable bonds is 3. The van der Waals surface area contributed by atoms with E-state index in [0.29, 0.717) is 17.9 Å². The Hall–Kier alpha value is -2.02. The summed E-state index contributed by atoms with van der Waals surface area (Å²) in [7, 11) is 0.230. The lowest BCUT2D eigenvalue weighted by Gasteiger charge is -2.22. The average Bonchev–Trinajstić information content (AvgIpc) is 3.07. The molecule has 1 N–H and O–H groups in total. The van der Waals surface area contributed by atoms with Gasteiger partial charge >= 0.3 is 0 Å². The van der Waals surface area contributed by atoms with E-state index in [9.17, 15) is 13.2 Å². The summed E-state index contributed by atoms with van der Waals surface area (Å²) in [6.07, 6.45) is 0.499. The van der Waals surface area contributed by atoms with Crippen LogP contribution >= 0.6 is 0 Å².